The number of carbonyl (C=O) groups is 1. The van der Waals surface area contributed by atoms with E-state index in [0.717, 1.165) is 23.7 Å². The highest BCUT2D eigenvalue weighted by Gasteiger charge is 2.50. The molecule has 1 aromatic heterocycles. The summed E-state index contributed by atoms with van der Waals surface area (Å²) >= 11 is 1.65. The van der Waals surface area contributed by atoms with Crippen molar-refractivity contribution in [2.45, 2.75) is 31.0 Å². The number of carbonyl (C=O) groups excluding carboxylic acids is 1. The highest BCUT2D eigenvalue weighted by molar-refractivity contribution is 7.09. The van der Waals surface area contributed by atoms with Crippen LogP contribution in [0.15, 0.2) is 66.0 Å². The summed E-state index contributed by atoms with van der Waals surface area (Å²) in [6, 6.07) is 20.8. The molecule has 0 saturated carbocycles. The van der Waals surface area contributed by atoms with Crippen molar-refractivity contribution in [3.05, 3.63) is 82.0 Å². The second-order valence-corrected chi connectivity index (χ2v) is 9.33. The summed E-state index contributed by atoms with van der Waals surface area (Å²) in [5.41, 5.74) is 3.61. The van der Waals surface area contributed by atoms with Gasteiger partial charge in [-0.1, -0.05) is 36.4 Å². The molecule has 0 unspecified atom stereocenters. The molecule has 1 amide bonds. The highest BCUT2D eigenvalue weighted by atomic mass is 32.1. The number of fused-ring (bicyclic) bond motifs is 2. The van der Waals surface area contributed by atoms with Crippen LogP contribution in [0.5, 0.6) is 5.75 Å². The van der Waals surface area contributed by atoms with E-state index in [0.29, 0.717) is 19.6 Å². The Morgan fingerprint density at radius 2 is 2.03 bits per heavy atom. The zero-order valence-corrected chi connectivity index (χ0v) is 18.4. The largest absolute Gasteiger partial charge is 0.497 e. The van der Waals surface area contributed by atoms with Crippen molar-refractivity contribution in [1.82, 2.24) is 5.32 Å². The number of rotatable bonds is 6. The standard InChI is InChI=1S/C25H26N2O3S/c1-29-19-10-8-18(9-11-19)15-27-16-25(21-6-2-3-7-22(21)27)13-23(30-17-25)24(28)26-14-20-5-4-12-31-20/h2-12,23H,13-17H2,1H3,(H,26,28)/t23-,25+/m1/s1. The summed E-state index contributed by atoms with van der Waals surface area (Å²) in [6.45, 7) is 2.80. The third-order valence-electron chi connectivity index (χ3n) is 6.29. The van der Waals surface area contributed by atoms with Gasteiger partial charge in [0.25, 0.3) is 0 Å². The van der Waals surface area contributed by atoms with E-state index in [1.54, 1.807) is 18.4 Å². The number of thiophene rings is 1. The smallest absolute Gasteiger partial charge is 0.249 e. The Morgan fingerprint density at radius 1 is 1.19 bits per heavy atom. The maximum absolute atomic E-state index is 12.8. The fraction of sp³-hybridized carbons (Fsp3) is 0.320. The molecule has 5 nitrogen and oxygen atoms in total. The Hall–Kier alpha value is -2.83. The van der Waals surface area contributed by atoms with Gasteiger partial charge in [0.2, 0.25) is 5.91 Å². The maximum atomic E-state index is 12.8. The summed E-state index contributed by atoms with van der Waals surface area (Å²) in [4.78, 5) is 16.3. The number of amides is 1. The fourth-order valence-corrected chi connectivity index (χ4v) is 5.37. The first-order valence-electron chi connectivity index (χ1n) is 10.6. The number of ether oxygens (including phenoxy) is 2. The Bertz CT molecular complexity index is 1050. The summed E-state index contributed by atoms with van der Waals surface area (Å²) in [7, 11) is 1.68. The van der Waals surface area contributed by atoms with E-state index >= 15 is 0 Å². The number of nitrogens with zero attached hydrogens (tertiary/aromatic N) is 1. The van der Waals surface area contributed by atoms with Gasteiger partial charge in [-0.3, -0.25) is 4.79 Å². The monoisotopic (exact) mass is 434 g/mol. The van der Waals surface area contributed by atoms with E-state index in [2.05, 4.69) is 46.6 Å². The van der Waals surface area contributed by atoms with E-state index in [9.17, 15) is 4.79 Å². The van der Waals surface area contributed by atoms with Gasteiger partial charge in [-0.05, 0) is 47.2 Å². The second kappa shape index (κ2) is 8.36. The summed E-state index contributed by atoms with van der Waals surface area (Å²) < 4.78 is 11.3. The van der Waals surface area contributed by atoms with Gasteiger partial charge in [-0.15, -0.1) is 11.3 Å². The molecule has 6 heteroatoms. The van der Waals surface area contributed by atoms with Gasteiger partial charge < -0.3 is 19.7 Å². The van der Waals surface area contributed by atoms with E-state index in [1.165, 1.54) is 16.8 Å². The highest BCUT2D eigenvalue weighted by Crippen LogP contribution is 2.47. The molecule has 0 bridgehead atoms. The molecular weight excluding hydrogens is 408 g/mol. The van der Waals surface area contributed by atoms with Crippen molar-refractivity contribution in [2.24, 2.45) is 0 Å². The molecule has 3 aromatic rings. The molecular formula is C25H26N2O3S. The first-order chi connectivity index (χ1) is 15.2. The van der Waals surface area contributed by atoms with Gasteiger partial charge in [0, 0.05) is 29.1 Å². The number of benzene rings is 2. The normalized spacial score (nSPS) is 22.0. The number of hydrogen-bond acceptors (Lipinski definition) is 5. The molecule has 0 aliphatic carbocycles. The summed E-state index contributed by atoms with van der Waals surface area (Å²) in [6.07, 6.45) is 0.299. The average molecular weight is 435 g/mol. The Labute approximate surface area is 186 Å². The van der Waals surface area contributed by atoms with Crippen LogP contribution in [0, 0.1) is 0 Å². The SMILES string of the molecule is COc1ccc(CN2C[C@@]3(CO[C@@H](C(=O)NCc4cccs4)C3)c3ccccc32)cc1. The molecule has 160 valence electrons. The molecule has 5 rings (SSSR count). The van der Waals surface area contributed by atoms with Crippen LogP contribution in [0.4, 0.5) is 5.69 Å². The summed E-state index contributed by atoms with van der Waals surface area (Å²) in [5, 5.41) is 5.06. The Morgan fingerprint density at radius 3 is 2.81 bits per heavy atom. The minimum Gasteiger partial charge on any atom is -0.497 e. The van der Waals surface area contributed by atoms with Crippen molar-refractivity contribution in [3.63, 3.8) is 0 Å². The number of hydrogen-bond donors (Lipinski definition) is 1. The van der Waals surface area contributed by atoms with Gasteiger partial charge >= 0.3 is 0 Å². The van der Waals surface area contributed by atoms with Gasteiger partial charge in [0.15, 0.2) is 0 Å². The second-order valence-electron chi connectivity index (χ2n) is 8.30. The van der Waals surface area contributed by atoms with Crippen LogP contribution >= 0.6 is 11.3 Å². The lowest BCUT2D eigenvalue weighted by atomic mass is 9.80. The van der Waals surface area contributed by atoms with Crippen molar-refractivity contribution in [3.8, 4) is 5.75 Å². The topological polar surface area (TPSA) is 50.8 Å². The van der Waals surface area contributed by atoms with Crippen LogP contribution < -0.4 is 15.0 Å². The predicted molar refractivity (Wildman–Crippen MR) is 123 cm³/mol. The number of para-hydroxylation sites is 1. The minimum atomic E-state index is -0.408. The van der Waals surface area contributed by atoms with Gasteiger partial charge in [0.05, 0.1) is 20.3 Å². The molecule has 2 atom stereocenters. The molecule has 1 saturated heterocycles. The lowest BCUT2D eigenvalue weighted by Crippen LogP contribution is -2.37. The van der Waals surface area contributed by atoms with E-state index in [4.69, 9.17) is 9.47 Å². The fourth-order valence-electron chi connectivity index (χ4n) is 4.73. The molecule has 0 radical (unpaired) electrons. The maximum Gasteiger partial charge on any atom is 0.249 e. The number of nitrogens with one attached hydrogen (secondary N) is 1. The van der Waals surface area contributed by atoms with Crippen LogP contribution in [0.2, 0.25) is 0 Å². The number of anilines is 1. The van der Waals surface area contributed by atoms with E-state index < -0.39 is 6.10 Å². The third kappa shape index (κ3) is 3.93. The first kappa shape index (κ1) is 20.1. The van der Waals surface area contributed by atoms with Crippen LogP contribution in [-0.2, 0) is 28.0 Å². The van der Waals surface area contributed by atoms with Crippen molar-refractivity contribution >= 4 is 22.9 Å². The number of methoxy groups -OCH3 is 1. The molecule has 2 aromatic carbocycles. The quantitative estimate of drug-likeness (QED) is 0.634. The molecule has 2 aliphatic rings. The van der Waals surface area contributed by atoms with E-state index in [-0.39, 0.29) is 11.3 Å². The van der Waals surface area contributed by atoms with Gasteiger partial charge in [-0.2, -0.15) is 0 Å². The molecule has 1 spiro atoms. The molecule has 3 heterocycles. The molecule has 2 aliphatic heterocycles. The zero-order chi connectivity index (χ0) is 21.3. The van der Waals surface area contributed by atoms with Gasteiger partial charge in [-0.25, -0.2) is 0 Å². The molecule has 1 fully saturated rings. The van der Waals surface area contributed by atoms with Crippen molar-refractivity contribution in [1.29, 1.82) is 0 Å². The lowest BCUT2D eigenvalue weighted by Gasteiger charge is -2.24. The third-order valence-corrected chi connectivity index (χ3v) is 7.16. The summed E-state index contributed by atoms with van der Waals surface area (Å²) in [5.74, 6) is 0.846. The lowest BCUT2D eigenvalue weighted by molar-refractivity contribution is -0.130. The Kier molecular flexibility index (Phi) is 5.42. The van der Waals surface area contributed by atoms with Crippen LogP contribution in [0.25, 0.3) is 0 Å². The molecule has 31 heavy (non-hydrogen) atoms. The van der Waals surface area contributed by atoms with Crippen LogP contribution in [0.1, 0.15) is 22.4 Å². The van der Waals surface area contributed by atoms with Gasteiger partial charge in [0.1, 0.15) is 11.9 Å². The first-order valence-corrected chi connectivity index (χ1v) is 11.4. The van der Waals surface area contributed by atoms with E-state index in [1.807, 2.05) is 29.6 Å². The van der Waals surface area contributed by atoms with Crippen LogP contribution in [-0.4, -0.2) is 32.3 Å². The van der Waals surface area contributed by atoms with Crippen molar-refractivity contribution < 1.29 is 14.3 Å². The average Bonchev–Trinajstić information content (AvgIpc) is 3.54. The predicted octanol–water partition coefficient (Wildman–Crippen LogP) is 4.12. The minimum absolute atomic E-state index is 0.0173. The van der Waals surface area contributed by atoms with Crippen molar-refractivity contribution in [2.75, 3.05) is 25.2 Å². The zero-order valence-electron chi connectivity index (χ0n) is 17.5. The Balaban J connectivity index is 1.31. The van der Waals surface area contributed by atoms with Crippen LogP contribution in [0.3, 0.4) is 0 Å². The molecule has 1 N–H and O–H groups in total.